The van der Waals surface area contributed by atoms with Gasteiger partial charge in [0.15, 0.2) is 5.16 Å². The molecule has 2 rings (SSSR count). The van der Waals surface area contributed by atoms with Gasteiger partial charge in [0.05, 0.1) is 6.10 Å². The SMILES string of the molecule is Cc1nc(SCCNC(C)C2CCCO2)nc(C)c1C. The molecule has 20 heavy (non-hydrogen) atoms. The minimum absolute atomic E-state index is 0.389. The highest BCUT2D eigenvalue weighted by molar-refractivity contribution is 7.99. The van der Waals surface area contributed by atoms with Crippen LogP contribution in [-0.2, 0) is 4.74 Å². The molecule has 1 aliphatic rings. The minimum atomic E-state index is 0.389. The molecule has 5 heteroatoms. The van der Waals surface area contributed by atoms with Gasteiger partial charge in [0.25, 0.3) is 0 Å². The van der Waals surface area contributed by atoms with Gasteiger partial charge in [-0.25, -0.2) is 9.97 Å². The molecule has 2 heterocycles. The van der Waals surface area contributed by atoms with Crippen LogP contribution in [0.5, 0.6) is 0 Å². The van der Waals surface area contributed by atoms with Gasteiger partial charge < -0.3 is 10.1 Å². The Morgan fingerprint density at radius 2 is 2.00 bits per heavy atom. The van der Waals surface area contributed by atoms with Crippen molar-refractivity contribution in [2.45, 2.75) is 57.8 Å². The molecule has 1 fully saturated rings. The third kappa shape index (κ3) is 4.17. The predicted molar refractivity (Wildman–Crippen MR) is 83.4 cm³/mol. The Bertz CT molecular complexity index is 424. The van der Waals surface area contributed by atoms with Crippen molar-refractivity contribution >= 4 is 11.8 Å². The molecule has 4 nitrogen and oxygen atoms in total. The van der Waals surface area contributed by atoms with E-state index in [1.807, 2.05) is 13.8 Å². The van der Waals surface area contributed by atoms with Crippen LogP contribution in [-0.4, -0.2) is 41.0 Å². The van der Waals surface area contributed by atoms with E-state index in [-0.39, 0.29) is 0 Å². The Morgan fingerprint density at radius 3 is 2.60 bits per heavy atom. The van der Waals surface area contributed by atoms with Crippen LogP contribution in [0.4, 0.5) is 0 Å². The lowest BCUT2D eigenvalue weighted by molar-refractivity contribution is 0.0844. The highest BCUT2D eigenvalue weighted by Crippen LogP contribution is 2.17. The fourth-order valence-electron chi connectivity index (χ4n) is 2.36. The molecule has 0 radical (unpaired) electrons. The number of rotatable bonds is 6. The zero-order chi connectivity index (χ0) is 14.5. The molecule has 0 amide bonds. The molecule has 112 valence electrons. The van der Waals surface area contributed by atoms with Gasteiger partial charge in [0.2, 0.25) is 0 Å². The molecule has 1 aromatic rings. The molecule has 0 aromatic carbocycles. The summed E-state index contributed by atoms with van der Waals surface area (Å²) >= 11 is 1.72. The number of aromatic nitrogens is 2. The molecule has 2 unspecified atom stereocenters. The van der Waals surface area contributed by atoms with Crippen molar-refractivity contribution in [1.29, 1.82) is 0 Å². The molecule has 1 saturated heterocycles. The monoisotopic (exact) mass is 295 g/mol. The van der Waals surface area contributed by atoms with Gasteiger partial charge in [-0.1, -0.05) is 11.8 Å². The van der Waals surface area contributed by atoms with Crippen LogP contribution >= 0.6 is 11.8 Å². The van der Waals surface area contributed by atoms with Crippen LogP contribution in [0.15, 0.2) is 5.16 Å². The first-order valence-electron chi connectivity index (χ1n) is 7.37. The zero-order valence-electron chi connectivity index (χ0n) is 12.9. The third-order valence-electron chi connectivity index (χ3n) is 3.93. The van der Waals surface area contributed by atoms with Gasteiger partial charge >= 0.3 is 0 Å². The highest BCUT2D eigenvalue weighted by Gasteiger charge is 2.21. The van der Waals surface area contributed by atoms with E-state index in [0.717, 1.165) is 35.4 Å². The van der Waals surface area contributed by atoms with E-state index in [4.69, 9.17) is 4.74 Å². The van der Waals surface area contributed by atoms with Gasteiger partial charge in [-0.2, -0.15) is 0 Å². The number of ether oxygens (including phenoxy) is 1. The number of nitrogens with zero attached hydrogens (tertiary/aromatic N) is 2. The molecule has 0 bridgehead atoms. The Labute approximate surface area is 126 Å². The average molecular weight is 295 g/mol. The minimum Gasteiger partial charge on any atom is -0.377 e. The smallest absolute Gasteiger partial charge is 0.188 e. The quantitative estimate of drug-likeness (QED) is 0.497. The number of hydrogen-bond acceptors (Lipinski definition) is 5. The second kappa shape index (κ2) is 7.38. The molecule has 0 spiro atoms. The van der Waals surface area contributed by atoms with Gasteiger partial charge in [0.1, 0.15) is 0 Å². The summed E-state index contributed by atoms with van der Waals surface area (Å²) in [7, 11) is 0. The highest BCUT2D eigenvalue weighted by atomic mass is 32.2. The van der Waals surface area contributed by atoms with E-state index in [1.165, 1.54) is 18.4 Å². The molecule has 1 aliphatic heterocycles. The van der Waals surface area contributed by atoms with Crippen molar-refractivity contribution in [3.8, 4) is 0 Å². The second-order valence-electron chi connectivity index (χ2n) is 5.44. The molecule has 1 N–H and O–H groups in total. The fourth-order valence-corrected chi connectivity index (χ4v) is 3.17. The molecule has 0 saturated carbocycles. The third-order valence-corrected chi connectivity index (χ3v) is 4.78. The number of nitrogens with one attached hydrogen (secondary N) is 1. The standard InChI is InChI=1S/C15H25N3OS/c1-10-11(2)17-15(18-12(10)3)20-9-7-16-13(4)14-6-5-8-19-14/h13-14,16H,5-9H2,1-4H3. The first-order chi connectivity index (χ1) is 9.58. The summed E-state index contributed by atoms with van der Waals surface area (Å²) in [5.41, 5.74) is 3.36. The number of thioether (sulfide) groups is 1. The summed E-state index contributed by atoms with van der Waals surface area (Å²) in [6.07, 6.45) is 2.77. The largest absolute Gasteiger partial charge is 0.377 e. The first kappa shape index (κ1) is 15.7. The number of aryl methyl sites for hydroxylation is 2. The second-order valence-corrected chi connectivity index (χ2v) is 6.51. The zero-order valence-corrected chi connectivity index (χ0v) is 13.7. The van der Waals surface area contributed by atoms with E-state index in [9.17, 15) is 0 Å². The van der Waals surface area contributed by atoms with E-state index in [2.05, 4.69) is 29.1 Å². The molecular weight excluding hydrogens is 270 g/mol. The van der Waals surface area contributed by atoms with E-state index in [0.29, 0.717) is 12.1 Å². The first-order valence-corrected chi connectivity index (χ1v) is 8.36. The van der Waals surface area contributed by atoms with Crippen LogP contribution < -0.4 is 5.32 Å². The Morgan fingerprint density at radius 1 is 1.30 bits per heavy atom. The summed E-state index contributed by atoms with van der Waals surface area (Å²) in [4.78, 5) is 9.05. The van der Waals surface area contributed by atoms with Crippen molar-refractivity contribution in [3.63, 3.8) is 0 Å². The molecule has 1 aromatic heterocycles. The van der Waals surface area contributed by atoms with Gasteiger partial charge in [-0.3, -0.25) is 0 Å². The average Bonchev–Trinajstić information content (AvgIpc) is 2.94. The molecule has 2 atom stereocenters. The van der Waals surface area contributed by atoms with Crippen LogP contribution in [0.1, 0.15) is 36.7 Å². The number of hydrogen-bond donors (Lipinski definition) is 1. The molecule has 0 aliphatic carbocycles. The fraction of sp³-hybridized carbons (Fsp3) is 0.733. The lowest BCUT2D eigenvalue weighted by Crippen LogP contribution is -2.38. The Hall–Kier alpha value is -0.650. The summed E-state index contributed by atoms with van der Waals surface area (Å²) in [6.45, 7) is 10.3. The van der Waals surface area contributed by atoms with Crippen LogP contribution in [0.25, 0.3) is 0 Å². The van der Waals surface area contributed by atoms with Gasteiger partial charge in [-0.15, -0.1) is 0 Å². The topological polar surface area (TPSA) is 47.0 Å². The lowest BCUT2D eigenvalue weighted by Gasteiger charge is -2.19. The maximum absolute atomic E-state index is 5.68. The van der Waals surface area contributed by atoms with E-state index in [1.54, 1.807) is 11.8 Å². The van der Waals surface area contributed by atoms with Crippen molar-refractivity contribution in [1.82, 2.24) is 15.3 Å². The van der Waals surface area contributed by atoms with Crippen molar-refractivity contribution in [3.05, 3.63) is 17.0 Å². The van der Waals surface area contributed by atoms with Gasteiger partial charge in [0, 0.05) is 36.3 Å². The Balaban J connectivity index is 1.73. The maximum atomic E-state index is 5.68. The predicted octanol–water partition coefficient (Wildman–Crippen LogP) is 2.65. The lowest BCUT2D eigenvalue weighted by atomic mass is 10.1. The summed E-state index contributed by atoms with van der Waals surface area (Å²) in [5.74, 6) is 0.985. The van der Waals surface area contributed by atoms with Crippen LogP contribution in [0.3, 0.4) is 0 Å². The van der Waals surface area contributed by atoms with Crippen molar-refractivity contribution < 1.29 is 4.74 Å². The summed E-state index contributed by atoms with van der Waals surface area (Å²) in [6, 6.07) is 0.431. The Kier molecular flexibility index (Phi) is 5.81. The van der Waals surface area contributed by atoms with Gasteiger partial charge in [-0.05, 0) is 46.1 Å². The summed E-state index contributed by atoms with van der Waals surface area (Å²) < 4.78 is 5.68. The van der Waals surface area contributed by atoms with E-state index < -0.39 is 0 Å². The van der Waals surface area contributed by atoms with Crippen LogP contribution in [0.2, 0.25) is 0 Å². The van der Waals surface area contributed by atoms with E-state index >= 15 is 0 Å². The van der Waals surface area contributed by atoms with Crippen molar-refractivity contribution in [2.75, 3.05) is 18.9 Å². The van der Waals surface area contributed by atoms with Crippen molar-refractivity contribution in [2.24, 2.45) is 0 Å². The maximum Gasteiger partial charge on any atom is 0.188 e. The molecular formula is C15H25N3OS. The normalized spacial score (nSPS) is 20.3. The van der Waals surface area contributed by atoms with Crippen LogP contribution in [0, 0.1) is 20.8 Å². The summed E-state index contributed by atoms with van der Waals surface area (Å²) in [5, 5.41) is 4.42.